The third kappa shape index (κ3) is 13.1. The zero-order chi connectivity index (χ0) is 19.9. The molecule has 0 rings (SSSR count). The van der Waals surface area contributed by atoms with Gasteiger partial charge in [-0.3, -0.25) is 19.2 Å². The van der Waals surface area contributed by atoms with E-state index in [1.54, 1.807) is 0 Å². The Kier molecular flexibility index (Phi) is 12.7. The largest absolute Gasteiger partial charge is 0.481 e. The summed E-state index contributed by atoms with van der Waals surface area (Å²) in [5, 5.41) is 46.1. The van der Waals surface area contributed by atoms with Crippen molar-refractivity contribution in [3.05, 3.63) is 0 Å². The second-order valence-corrected chi connectivity index (χ2v) is 5.39. The number of carboxylic acid groups (broad SMARTS) is 4. The van der Waals surface area contributed by atoms with Crippen LogP contribution < -0.4 is 21.3 Å². The van der Waals surface area contributed by atoms with E-state index in [0.717, 1.165) is 0 Å². The Hall–Kier alpha value is -2.28. The highest BCUT2D eigenvalue weighted by Gasteiger charge is 2.20. The normalized spacial score (nSPS) is 13.1. The Balaban J connectivity index is 3.64. The lowest BCUT2D eigenvalue weighted by molar-refractivity contribution is -0.145. The van der Waals surface area contributed by atoms with E-state index >= 15 is 0 Å². The molecule has 2 unspecified atom stereocenters. The molecule has 0 fully saturated rings. The predicted molar refractivity (Wildman–Crippen MR) is 89.1 cm³/mol. The second kappa shape index (κ2) is 13.9. The Labute approximate surface area is 150 Å². The lowest BCUT2D eigenvalue weighted by Gasteiger charge is -2.13. The maximum atomic E-state index is 10.8. The molecule has 0 saturated heterocycles. The maximum Gasteiger partial charge on any atom is 0.321 e. The van der Waals surface area contributed by atoms with Gasteiger partial charge in [-0.2, -0.15) is 0 Å². The van der Waals surface area contributed by atoms with Crippen LogP contribution in [0.3, 0.4) is 0 Å². The number of nitrogens with one attached hydrogen (secondary N) is 4. The smallest absolute Gasteiger partial charge is 0.321 e. The van der Waals surface area contributed by atoms with Crippen LogP contribution in [-0.4, -0.2) is 95.7 Å². The average Bonchev–Trinajstić information content (AvgIpc) is 2.53. The fourth-order valence-electron chi connectivity index (χ4n) is 1.94. The molecule has 0 aromatic carbocycles. The highest BCUT2D eigenvalue weighted by Crippen LogP contribution is 1.92. The number of aliphatic carboxylic acids is 4. The van der Waals surface area contributed by atoms with E-state index in [2.05, 4.69) is 21.3 Å². The van der Waals surface area contributed by atoms with Crippen LogP contribution in [0.25, 0.3) is 0 Å². The number of hydrogen-bond donors (Lipinski definition) is 8. The van der Waals surface area contributed by atoms with Crippen molar-refractivity contribution in [2.45, 2.75) is 24.9 Å². The van der Waals surface area contributed by atoms with Gasteiger partial charge in [0, 0.05) is 39.3 Å². The molecule has 0 saturated carbocycles. The molecule has 12 heteroatoms. The van der Waals surface area contributed by atoms with Gasteiger partial charge < -0.3 is 41.7 Å². The monoisotopic (exact) mass is 378 g/mol. The first-order chi connectivity index (χ1) is 12.2. The Bertz CT molecular complexity index is 432. The van der Waals surface area contributed by atoms with Gasteiger partial charge in [-0.1, -0.05) is 0 Å². The molecule has 8 N–H and O–H groups in total. The number of carbonyl (C=O) groups is 4. The van der Waals surface area contributed by atoms with Gasteiger partial charge in [-0.15, -0.1) is 0 Å². The first-order valence-corrected chi connectivity index (χ1v) is 8.01. The molecule has 12 nitrogen and oxygen atoms in total. The summed E-state index contributed by atoms with van der Waals surface area (Å²) in [6.45, 7) is 2.61. The van der Waals surface area contributed by atoms with Crippen LogP contribution in [0.5, 0.6) is 0 Å². The van der Waals surface area contributed by atoms with Crippen molar-refractivity contribution in [2.24, 2.45) is 0 Å². The SMILES string of the molecule is O=C(O)CC(NCCNCCNCCNC(CC(=O)O)C(=O)O)C(=O)O. The molecular formula is C14H26N4O8. The quantitative estimate of drug-likeness (QED) is 0.121. The molecule has 0 aromatic rings. The van der Waals surface area contributed by atoms with E-state index in [-0.39, 0.29) is 0 Å². The van der Waals surface area contributed by atoms with Crippen LogP contribution >= 0.6 is 0 Å². The third-order valence-corrected chi connectivity index (χ3v) is 3.22. The summed E-state index contributed by atoms with van der Waals surface area (Å²) in [4.78, 5) is 42.7. The molecular weight excluding hydrogens is 352 g/mol. The molecule has 0 aliphatic rings. The summed E-state index contributed by atoms with van der Waals surface area (Å²) in [6, 6.07) is -2.27. The molecule has 0 spiro atoms. The van der Waals surface area contributed by atoms with Crippen molar-refractivity contribution in [1.29, 1.82) is 0 Å². The minimum absolute atomic E-state index is 0.293. The molecule has 0 radical (unpaired) electrons. The van der Waals surface area contributed by atoms with Gasteiger partial charge in [0.05, 0.1) is 12.8 Å². The van der Waals surface area contributed by atoms with Crippen molar-refractivity contribution in [1.82, 2.24) is 21.3 Å². The Morgan fingerprint density at radius 2 is 0.885 bits per heavy atom. The van der Waals surface area contributed by atoms with E-state index < -0.39 is 48.8 Å². The molecule has 0 amide bonds. The van der Waals surface area contributed by atoms with Crippen molar-refractivity contribution in [2.75, 3.05) is 39.3 Å². The summed E-state index contributed by atoms with van der Waals surface area (Å²) in [6.07, 6.45) is -0.994. The number of carboxylic acids is 4. The zero-order valence-corrected chi connectivity index (χ0v) is 14.2. The van der Waals surface area contributed by atoms with E-state index in [1.165, 1.54) is 0 Å². The minimum Gasteiger partial charge on any atom is -0.481 e. The predicted octanol–water partition coefficient (Wildman–Crippen LogP) is -2.80. The molecule has 0 aliphatic carbocycles. The van der Waals surface area contributed by atoms with Gasteiger partial charge in [0.1, 0.15) is 12.1 Å². The third-order valence-electron chi connectivity index (χ3n) is 3.22. The topological polar surface area (TPSA) is 197 Å². The van der Waals surface area contributed by atoms with Gasteiger partial charge in [0.2, 0.25) is 0 Å². The minimum atomic E-state index is -1.22. The van der Waals surface area contributed by atoms with Gasteiger partial charge in [0.25, 0.3) is 0 Å². The van der Waals surface area contributed by atoms with Crippen molar-refractivity contribution >= 4 is 23.9 Å². The van der Waals surface area contributed by atoms with E-state index in [1.807, 2.05) is 0 Å². The summed E-state index contributed by atoms with van der Waals surface area (Å²) in [5.41, 5.74) is 0. The van der Waals surface area contributed by atoms with Crippen molar-refractivity contribution in [3.63, 3.8) is 0 Å². The Morgan fingerprint density at radius 3 is 1.15 bits per heavy atom. The first-order valence-electron chi connectivity index (χ1n) is 8.01. The van der Waals surface area contributed by atoms with E-state index in [9.17, 15) is 19.2 Å². The van der Waals surface area contributed by atoms with E-state index in [4.69, 9.17) is 20.4 Å². The molecule has 0 aromatic heterocycles. The van der Waals surface area contributed by atoms with Crippen LogP contribution in [0.4, 0.5) is 0 Å². The van der Waals surface area contributed by atoms with Crippen molar-refractivity contribution in [3.8, 4) is 0 Å². The summed E-state index contributed by atoms with van der Waals surface area (Å²) in [5.74, 6) is -4.82. The molecule has 0 heterocycles. The standard InChI is InChI=1S/C14H26N4O8/c19-11(20)7-9(13(23)24)17-5-3-15-1-2-16-4-6-18-10(14(25)26)8-12(21)22/h9-10,15-18H,1-8H2,(H,19,20)(H,21,22)(H,23,24)(H,25,26). The summed E-state index contributed by atoms with van der Waals surface area (Å²) >= 11 is 0. The first kappa shape index (κ1) is 23.7. The van der Waals surface area contributed by atoms with Gasteiger partial charge in [0.15, 0.2) is 0 Å². The van der Waals surface area contributed by atoms with Crippen molar-refractivity contribution < 1.29 is 39.6 Å². The fourth-order valence-corrected chi connectivity index (χ4v) is 1.94. The molecule has 0 bridgehead atoms. The van der Waals surface area contributed by atoms with Crippen LogP contribution in [0, 0.1) is 0 Å². The molecule has 26 heavy (non-hydrogen) atoms. The number of hydrogen-bond acceptors (Lipinski definition) is 8. The van der Waals surface area contributed by atoms with E-state index in [0.29, 0.717) is 39.3 Å². The van der Waals surface area contributed by atoms with Crippen LogP contribution in [0.15, 0.2) is 0 Å². The maximum absolute atomic E-state index is 10.8. The molecule has 0 aliphatic heterocycles. The average molecular weight is 378 g/mol. The zero-order valence-electron chi connectivity index (χ0n) is 14.2. The van der Waals surface area contributed by atoms with Crippen LogP contribution in [0.1, 0.15) is 12.8 Å². The van der Waals surface area contributed by atoms with Crippen LogP contribution in [0.2, 0.25) is 0 Å². The Morgan fingerprint density at radius 1 is 0.577 bits per heavy atom. The second-order valence-electron chi connectivity index (χ2n) is 5.39. The summed E-state index contributed by atoms with van der Waals surface area (Å²) < 4.78 is 0. The highest BCUT2D eigenvalue weighted by molar-refractivity contribution is 5.81. The summed E-state index contributed by atoms with van der Waals surface area (Å²) in [7, 11) is 0. The highest BCUT2D eigenvalue weighted by atomic mass is 16.4. The number of rotatable bonds is 17. The molecule has 150 valence electrons. The van der Waals surface area contributed by atoms with Gasteiger partial charge >= 0.3 is 23.9 Å². The van der Waals surface area contributed by atoms with Crippen LogP contribution in [-0.2, 0) is 19.2 Å². The van der Waals surface area contributed by atoms with Gasteiger partial charge in [-0.05, 0) is 0 Å². The van der Waals surface area contributed by atoms with Gasteiger partial charge in [-0.25, -0.2) is 0 Å². The lowest BCUT2D eigenvalue weighted by Crippen LogP contribution is -2.43. The lowest BCUT2D eigenvalue weighted by atomic mass is 10.2. The fraction of sp³-hybridized carbons (Fsp3) is 0.714. The molecule has 2 atom stereocenters.